The summed E-state index contributed by atoms with van der Waals surface area (Å²) in [5.74, 6) is -3.80. The van der Waals surface area contributed by atoms with Gasteiger partial charge in [-0.15, -0.1) is 0 Å². The standard InChI is InChI=1S/C19H15F3N4O2/c20-13-4-5-15(18(22)17(13)21)28-10-11-7-16(26-8-12(27)9-26)25-19(24-11)14-3-1-2-6-23-14/h1-7,12,27H,8-10H2. The van der Waals surface area contributed by atoms with E-state index in [2.05, 4.69) is 15.0 Å². The molecular formula is C19H15F3N4O2. The van der Waals surface area contributed by atoms with Crippen LogP contribution in [0.25, 0.3) is 11.5 Å². The molecule has 28 heavy (non-hydrogen) atoms. The van der Waals surface area contributed by atoms with Crippen LogP contribution in [-0.2, 0) is 6.61 Å². The fourth-order valence-electron chi connectivity index (χ4n) is 2.74. The number of pyridine rings is 1. The third-order valence-corrected chi connectivity index (χ3v) is 4.22. The normalized spacial score (nSPS) is 14.1. The molecule has 1 N–H and O–H groups in total. The number of aliphatic hydroxyl groups is 1. The van der Waals surface area contributed by atoms with Crippen molar-refractivity contribution in [1.82, 2.24) is 15.0 Å². The maximum atomic E-state index is 13.8. The van der Waals surface area contributed by atoms with Crippen molar-refractivity contribution in [2.45, 2.75) is 12.7 Å². The highest BCUT2D eigenvalue weighted by Gasteiger charge is 2.26. The number of aliphatic hydroxyl groups excluding tert-OH is 1. The molecule has 1 aliphatic heterocycles. The number of hydrogen-bond acceptors (Lipinski definition) is 6. The summed E-state index contributed by atoms with van der Waals surface area (Å²) in [7, 11) is 0. The Labute approximate surface area is 158 Å². The van der Waals surface area contributed by atoms with E-state index in [-0.39, 0.29) is 6.61 Å². The lowest BCUT2D eigenvalue weighted by Crippen LogP contribution is -2.51. The van der Waals surface area contributed by atoms with Crippen molar-refractivity contribution >= 4 is 5.82 Å². The average Bonchev–Trinajstić information content (AvgIpc) is 2.69. The Hall–Kier alpha value is -3.20. The largest absolute Gasteiger partial charge is 0.484 e. The van der Waals surface area contributed by atoms with Crippen LogP contribution in [0.15, 0.2) is 42.6 Å². The molecule has 0 amide bonds. The van der Waals surface area contributed by atoms with Crippen molar-refractivity contribution in [2.75, 3.05) is 18.0 Å². The predicted molar refractivity (Wildman–Crippen MR) is 94.1 cm³/mol. The molecule has 1 fully saturated rings. The van der Waals surface area contributed by atoms with Crippen LogP contribution < -0.4 is 9.64 Å². The van der Waals surface area contributed by atoms with E-state index in [1.54, 1.807) is 30.5 Å². The summed E-state index contributed by atoms with van der Waals surface area (Å²) in [5.41, 5.74) is 0.932. The first-order valence-corrected chi connectivity index (χ1v) is 8.50. The number of anilines is 1. The zero-order chi connectivity index (χ0) is 19.7. The van der Waals surface area contributed by atoms with E-state index in [0.29, 0.717) is 36.1 Å². The first-order chi connectivity index (χ1) is 13.5. The fourth-order valence-corrected chi connectivity index (χ4v) is 2.74. The van der Waals surface area contributed by atoms with Crippen molar-refractivity contribution in [3.05, 3.63) is 65.7 Å². The molecule has 9 heteroatoms. The molecule has 0 spiro atoms. The van der Waals surface area contributed by atoms with Crippen molar-refractivity contribution in [1.29, 1.82) is 0 Å². The maximum Gasteiger partial charge on any atom is 0.203 e. The lowest BCUT2D eigenvalue weighted by atomic mass is 10.1. The molecule has 0 aliphatic carbocycles. The van der Waals surface area contributed by atoms with E-state index in [0.717, 1.165) is 12.1 Å². The Kier molecular flexibility index (Phi) is 4.82. The van der Waals surface area contributed by atoms with E-state index in [9.17, 15) is 18.3 Å². The highest BCUT2D eigenvalue weighted by atomic mass is 19.2. The second-order valence-corrected chi connectivity index (χ2v) is 6.28. The molecule has 2 aromatic heterocycles. The van der Waals surface area contributed by atoms with Crippen LogP contribution in [0.1, 0.15) is 5.69 Å². The Morgan fingerprint density at radius 2 is 1.89 bits per heavy atom. The monoisotopic (exact) mass is 388 g/mol. The van der Waals surface area contributed by atoms with Gasteiger partial charge in [0.05, 0.1) is 11.8 Å². The molecule has 4 rings (SSSR count). The number of benzene rings is 1. The van der Waals surface area contributed by atoms with Crippen LogP contribution in [0.3, 0.4) is 0 Å². The van der Waals surface area contributed by atoms with Gasteiger partial charge in [-0.25, -0.2) is 18.7 Å². The van der Waals surface area contributed by atoms with Gasteiger partial charge < -0.3 is 14.7 Å². The molecular weight excluding hydrogens is 373 g/mol. The van der Waals surface area contributed by atoms with Crippen LogP contribution >= 0.6 is 0 Å². The summed E-state index contributed by atoms with van der Waals surface area (Å²) < 4.78 is 45.5. The van der Waals surface area contributed by atoms with E-state index in [1.165, 1.54) is 0 Å². The minimum atomic E-state index is -1.59. The molecule has 0 bridgehead atoms. The molecule has 1 saturated heterocycles. The molecule has 1 aliphatic rings. The SMILES string of the molecule is OC1CN(c2cc(COc3ccc(F)c(F)c3F)nc(-c3ccccn3)n2)C1. The summed E-state index contributed by atoms with van der Waals surface area (Å²) >= 11 is 0. The molecule has 3 aromatic rings. The van der Waals surface area contributed by atoms with Gasteiger partial charge in [0.25, 0.3) is 0 Å². The molecule has 144 valence electrons. The van der Waals surface area contributed by atoms with E-state index in [4.69, 9.17) is 4.74 Å². The van der Waals surface area contributed by atoms with Gasteiger partial charge in [0.15, 0.2) is 23.2 Å². The Morgan fingerprint density at radius 1 is 1.07 bits per heavy atom. The topological polar surface area (TPSA) is 71.4 Å². The maximum absolute atomic E-state index is 13.8. The molecule has 3 heterocycles. The van der Waals surface area contributed by atoms with Crippen molar-refractivity contribution in [2.24, 2.45) is 0 Å². The first kappa shape index (κ1) is 18.2. The van der Waals surface area contributed by atoms with Gasteiger partial charge in [0.2, 0.25) is 5.82 Å². The van der Waals surface area contributed by atoms with Crippen LogP contribution in [-0.4, -0.2) is 39.3 Å². The van der Waals surface area contributed by atoms with E-state index in [1.807, 2.05) is 4.90 Å². The molecule has 6 nitrogen and oxygen atoms in total. The second kappa shape index (κ2) is 7.43. The molecule has 0 atom stereocenters. The molecule has 0 radical (unpaired) electrons. The quantitative estimate of drug-likeness (QED) is 0.678. The smallest absolute Gasteiger partial charge is 0.203 e. The third-order valence-electron chi connectivity index (χ3n) is 4.22. The van der Waals surface area contributed by atoms with Gasteiger partial charge in [-0.2, -0.15) is 4.39 Å². The van der Waals surface area contributed by atoms with E-state index >= 15 is 0 Å². The minimum Gasteiger partial charge on any atom is -0.484 e. The number of hydrogen-bond donors (Lipinski definition) is 1. The number of aromatic nitrogens is 3. The van der Waals surface area contributed by atoms with Crippen molar-refractivity contribution < 1.29 is 23.0 Å². The van der Waals surface area contributed by atoms with E-state index < -0.39 is 29.3 Å². The van der Waals surface area contributed by atoms with Crippen LogP contribution in [0, 0.1) is 17.5 Å². The summed E-state index contributed by atoms with van der Waals surface area (Å²) in [4.78, 5) is 14.9. The molecule has 0 saturated carbocycles. The predicted octanol–water partition coefficient (Wildman–Crippen LogP) is 2.72. The lowest BCUT2D eigenvalue weighted by molar-refractivity contribution is 0.141. The molecule has 1 aromatic carbocycles. The van der Waals surface area contributed by atoms with Crippen LogP contribution in [0.2, 0.25) is 0 Å². The summed E-state index contributed by atoms with van der Waals surface area (Å²) in [6.07, 6.45) is 1.18. The fraction of sp³-hybridized carbons (Fsp3) is 0.211. The zero-order valence-corrected chi connectivity index (χ0v) is 14.5. The lowest BCUT2D eigenvalue weighted by Gasteiger charge is -2.37. The van der Waals surface area contributed by atoms with Crippen LogP contribution in [0.4, 0.5) is 19.0 Å². The number of ether oxygens (including phenoxy) is 1. The van der Waals surface area contributed by atoms with Crippen LogP contribution in [0.5, 0.6) is 5.75 Å². The van der Waals surface area contributed by atoms with Gasteiger partial charge >= 0.3 is 0 Å². The minimum absolute atomic E-state index is 0.187. The molecule has 0 unspecified atom stereocenters. The average molecular weight is 388 g/mol. The highest BCUT2D eigenvalue weighted by molar-refractivity contribution is 5.54. The van der Waals surface area contributed by atoms with Gasteiger partial charge in [-0.05, 0) is 24.3 Å². The number of halogens is 3. The summed E-state index contributed by atoms with van der Waals surface area (Å²) in [6, 6.07) is 8.73. The highest BCUT2D eigenvalue weighted by Crippen LogP contribution is 2.25. The Bertz CT molecular complexity index is 998. The summed E-state index contributed by atoms with van der Waals surface area (Å²) in [5, 5.41) is 9.54. The third kappa shape index (κ3) is 3.61. The number of nitrogens with zero attached hydrogens (tertiary/aromatic N) is 4. The Balaban J connectivity index is 1.62. The number of rotatable bonds is 5. The van der Waals surface area contributed by atoms with Crippen molar-refractivity contribution in [3.8, 4) is 17.3 Å². The van der Waals surface area contributed by atoms with Gasteiger partial charge in [-0.3, -0.25) is 4.98 Å². The second-order valence-electron chi connectivity index (χ2n) is 6.28. The summed E-state index contributed by atoms with van der Waals surface area (Å²) in [6.45, 7) is 0.668. The first-order valence-electron chi connectivity index (χ1n) is 8.50. The van der Waals surface area contributed by atoms with Gasteiger partial charge in [-0.1, -0.05) is 6.07 Å². The number of β-amino-alcohol motifs (C(OH)–C–C–N with tert-alkyl or cyclic N) is 1. The van der Waals surface area contributed by atoms with Gasteiger partial charge in [0, 0.05) is 25.4 Å². The zero-order valence-electron chi connectivity index (χ0n) is 14.5. The van der Waals surface area contributed by atoms with Crippen molar-refractivity contribution in [3.63, 3.8) is 0 Å². The van der Waals surface area contributed by atoms with Gasteiger partial charge in [0.1, 0.15) is 18.1 Å². The Morgan fingerprint density at radius 3 is 2.61 bits per heavy atom.